The van der Waals surface area contributed by atoms with Crippen LogP contribution in [0.3, 0.4) is 0 Å². The molecule has 1 N–H and O–H groups in total. The number of aliphatic carboxylic acids is 1. The van der Waals surface area contributed by atoms with Crippen molar-refractivity contribution in [3.8, 4) is 0 Å². The number of carbonyl (C=O) groups is 3. The topological polar surface area (TPSA) is 93.2 Å². The Labute approximate surface area is 166 Å². The highest BCUT2D eigenvalue weighted by Gasteiger charge is 2.64. The van der Waals surface area contributed by atoms with Crippen LogP contribution in [0.5, 0.6) is 0 Å². The lowest BCUT2D eigenvalue weighted by Gasteiger charge is -2.57. The Morgan fingerprint density at radius 2 is 1.86 bits per heavy atom. The minimum Gasteiger partial charge on any atom is -0.479 e. The third kappa shape index (κ3) is 3.30. The number of ketones is 1. The number of esters is 1. The number of ether oxygens (including phenoxy) is 2. The molecule has 156 valence electrons. The molecular weight excluding hydrogens is 360 g/mol. The van der Waals surface area contributed by atoms with E-state index in [4.69, 9.17) is 9.47 Å². The van der Waals surface area contributed by atoms with Crippen molar-refractivity contribution in [2.24, 2.45) is 17.3 Å². The minimum absolute atomic E-state index is 0.00716. The summed E-state index contributed by atoms with van der Waals surface area (Å²) < 4.78 is 11.5. The zero-order valence-electron chi connectivity index (χ0n) is 17.8. The molecule has 28 heavy (non-hydrogen) atoms. The molecule has 3 rings (SSSR count). The van der Waals surface area contributed by atoms with Gasteiger partial charge in [0.15, 0.2) is 11.4 Å². The van der Waals surface area contributed by atoms with Gasteiger partial charge in [-0.1, -0.05) is 12.5 Å². The number of hydrogen-bond acceptors (Lipinski definition) is 5. The van der Waals surface area contributed by atoms with Crippen LogP contribution < -0.4 is 0 Å². The van der Waals surface area contributed by atoms with Crippen LogP contribution in [0.4, 0.5) is 0 Å². The van der Waals surface area contributed by atoms with E-state index >= 15 is 0 Å². The fourth-order valence-corrected chi connectivity index (χ4v) is 5.67. The van der Waals surface area contributed by atoms with Gasteiger partial charge < -0.3 is 14.6 Å². The molecule has 6 nitrogen and oxygen atoms in total. The van der Waals surface area contributed by atoms with E-state index in [1.807, 2.05) is 20.8 Å². The zero-order chi connectivity index (χ0) is 21.1. The van der Waals surface area contributed by atoms with Gasteiger partial charge in [-0.25, -0.2) is 4.79 Å². The van der Waals surface area contributed by atoms with Crippen molar-refractivity contribution >= 4 is 17.7 Å². The van der Waals surface area contributed by atoms with Gasteiger partial charge in [0.05, 0.1) is 6.10 Å². The molecule has 3 fully saturated rings. The van der Waals surface area contributed by atoms with E-state index in [0.717, 1.165) is 24.0 Å². The second kappa shape index (κ2) is 6.68. The van der Waals surface area contributed by atoms with Crippen molar-refractivity contribution in [2.75, 3.05) is 0 Å². The molecule has 0 aromatic carbocycles. The molecule has 2 saturated carbocycles. The Bertz CT molecular complexity index is 750. The van der Waals surface area contributed by atoms with E-state index in [0.29, 0.717) is 19.3 Å². The normalized spacial score (nSPS) is 42.6. The lowest BCUT2D eigenvalue weighted by atomic mass is 9.50. The lowest BCUT2D eigenvalue weighted by Crippen LogP contribution is -2.58. The Morgan fingerprint density at radius 3 is 2.36 bits per heavy atom. The van der Waals surface area contributed by atoms with Gasteiger partial charge in [-0.2, -0.15) is 0 Å². The van der Waals surface area contributed by atoms with Crippen molar-refractivity contribution in [1.82, 2.24) is 0 Å². The molecule has 0 unspecified atom stereocenters. The summed E-state index contributed by atoms with van der Waals surface area (Å²) in [4.78, 5) is 36.2. The van der Waals surface area contributed by atoms with Crippen LogP contribution in [0.1, 0.15) is 73.6 Å². The number of hydrogen-bond donors (Lipinski definition) is 1. The number of carboxylic acids is 1. The smallest absolute Gasteiger partial charge is 0.338 e. The summed E-state index contributed by atoms with van der Waals surface area (Å²) in [6.07, 6.45) is 2.87. The molecule has 0 radical (unpaired) electrons. The van der Waals surface area contributed by atoms with Crippen LogP contribution in [0, 0.1) is 17.3 Å². The molecular formula is C22H32O6. The first kappa shape index (κ1) is 21.0. The van der Waals surface area contributed by atoms with Crippen molar-refractivity contribution in [1.29, 1.82) is 0 Å². The molecule has 3 aliphatic rings. The SMILES string of the molecule is CC(=O)O[C@]1(C)[C@H](C[C@H]2O[C@@]2(C)C(=O)O)CC[C@]2(C)CC(=O)C(=C(C)C)C[C@H]21. The summed E-state index contributed by atoms with van der Waals surface area (Å²) >= 11 is 0. The molecule has 1 heterocycles. The molecule has 0 spiro atoms. The van der Waals surface area contributed by atoms with Gasteiger partial charge in [0, 0.05) is 25.2 Å². The predicted octanol–water partition coefficient (Wildman–Crippen LogP) is 3.67. The summed E-state index contributed by atoms with van der Waals surface area (Å²) in [6.45, 7) is 11.0. The van der Waals surface area contributed by atoms with Crippen LogP contribution in [0.2, 0.25) is 0 Å². The van der Waals surface area contributed by atoms with E-state index in [1.54, 1.807) is 6.92 Å². The zero-order valence-corrected chi connectivity index (χ0v) is 17.8. The highest BCUT2D eigenvalue weighted by molar-refractivity contribution is 5.97. The van der Waals surface area contributed by atoms with Crippen molar-refractivity contribution < 1.29 is 29.0 Å². The quantitative estimate of drug-likeness (QED) is 0.446. The first-order valence-electron chi connectivity index (χ1n) is 10.1. The summed E-state index contributed by atoms with van der Waals surface area (Å²) in [5.74, 6) is -1.09. The molecule has 6 atom stereocenters. The second-order valence-corrected chi connectivity index (χ2v) is 9.76. The molecule has 0 bridgehead atoms. The third-order valence-corrected chi connectivity index (χ3v) is 7.55. The number of carbonyl (C=O) groups excluding carboxylic acids is 2. The average molecular weight is 392 g/mol. The van der Waals surface area contributed by atoms with E-state index < -0.39 is 17.2 Å². The fourth-order valence-electron chi connectivity index (χ4n) is 5.67. The monoisotopic (exact) mass is 392 g/mol. The Morgan fingerprint density at radius 1 is 1.21 bits per heavy atom. The average Bonchev–Trinajstić information content (AvgIpc) is 3.20. The first-order valence-corrected chi connectivity index (χ1v) is 10.1. The number of epoxide rings is 1. The summed E-state index contributed by atoms with van der Waals surface area (Å²) in [7, 11) is 0. The Kier molecular flexibility index (Phi) is 5.02. The molecule has 6 heteroatoms. The van der Waals surface area contributed by atoms with Gasteiger partial charge in [-0.15, -0.1) is 0 Å². The van der Waals surface area contributed by atoms with Crippen molar-refractivity contribution in [3.63, 3.8) is 0 Å². The van der Waals surface area contributed by atoms with Crippen LogP contribution in [0.15, 0.2) is 11.1 Å². The van der Waals surface area contributed by atoms with E-state index in [2.05, 4.69) is 6.92 Å². The van der Waals surface area contributed by atoms with Gasteiger partial charge in [0.1, 0.15) is 5.60 Å². The number of rotatable bonds is 4. The number of Topliss-reactive ketones (excluding diaryl/α,β-unsaturated/α-hetero) is 1. The van der Waals surface area contributed by atoms with Crippen LogP contribution >= 0.6 is 0 Å². The number of fused-ring (bicyclic) bond motifs is 1. The van der Waals surface area contributed by atoms with Gasteiger partial charge >= 0.3 is 11.9 Å². The molecule has 2 aliphatic carbocycles. The second-order valence-electron chi connectivity index (χ2n) is 9.76. The Hall–Kier alpha value is -1.69. The maximum absolute atomic E-state index is 12.7. The highest BCUT2D eigenvalue weighted by Crippen LogP contribution is 2.59. The molecule has 1 saturated heterocycles. The van der Waals surface area contributed by atoms with Crippen molar-refractivity contribution in [3.05, 3.63) is 11.1 Å². The van der Waals surface area contributed by atoms with Gasteiger partial charge in [0.2, 0.25) is 0 Å². The minimum atomic E-state index is -1.15. The van der Waals surface area contributed by atoms with Gasteiger partial charge in [-0.05, 0) is 64.4 Å². The third-order valence-electron chi connectivity index (χ3n) is 7.55. The summed E-state index contributed by atoms with van der Waals surface area (Å²) in [6, 6.07) is 0. The maximum atomic E-state index is 12.7. The highest BCUT2D eigenvalue weighted by atomic mass is 16.6. The Balaban J connectivity index is 1.94. The molecule has 1 aliphatic heterocycles. The van der Waals surface area contributed by atoms with E-state index in [1.165, 1.54) is 6.92 Å². The molecule has 0 aromatic rings. The summed E-state index contributed by atoms with van der Waals surface area (Å²) in [5, 5.41) is 9.39. The lowest BCUT2D eigenvalue weighted by molar-refractivity contribution is -0.194. The molecule has 0 amide bonds. The first-order chi connectivity index (χ1) is 12.8. The largest absolute Gasteiger partial charge is 0.479 e. The van der Waals surface area contributed by atoms with Crippen LogP contribution in [-0.4, -0.2) is 40.1 Å². The predicted molar refractivity (Wildman–Crippen MR) is 103 cm³/mol. The van der Waals surface area contributed by atoms with E-state index in [9.17, 15) is 19.5 Å². The van der Waals surface area contributed by atoms with Crippen molar-refractivity contribution in [2.45, 2.75) is 91.0 Å². The number of carboxylic acid groups (broad SMARTS) is 1. The van der Waals surface area contributed by atoms with Crippen LogP contribution in [-0.2, 0) is 23.9 Å². The standard InChI is InChI=1S/C22H32O6/c1-12(2)15-10-17-20(4,11-16(15)24)8-7-14(21(17,5)27-13(3)23)9-18-22(6,28-18)19(25)26/h14,17-18H,7-11H2,1-6H3,(H,25,26)/t14-,17+,18+,20+,21+,22+/m0/s1. The maximum Gasteiger partial charge on any atom is 0.338 e. The van der Waals surface area contributed by atoms with Crippen LogP contribution in [0.25, 0.3) is 0 Å². The molecule has 0 aromatic heterocycles. The van der Waals surface area contributed by atoms with Gasteiger partial charge in [-0.3, -0.25) is 9.59 Å². The summed E-state index contributed by atoms with van der Waals surface area (Å²) in [5.41, 5.74) is -0.267. The van der Waals surface area contributed by atoms with Gasteiger partial charge in [0.25, 0.3) is 0 Å². The van der Waals surface area contributed by atoms with E-state index in [-0.39, 0.29) is 35.1 Å². The fraction of sp³-hybridized carbons (Fsp3) is 0.773. The number of allylic oxidation sites excluding steroid dienone is 2.